The first kappa shape index (κ1) is 13.5. The zero-order chi connectivity index (χ0) is 13.0. The molecule has 1 aromatic rings. The van der Waals surface area contributed by atoms with E-state index in [0.29, 0.717) is 13.0 Å². The molecule has 1 aliphatic rings. The molecule has 0 saturated heterocycles. The Morgan fingerprint density at radius 1 is 1.56 bits per heavy atom. The van der Waals surface area contributed by atoms with E-state index in [9.17, 15) is 8.78 Å². The quantitative estimate of drug-likeness (QED) is 0.821. The van der Waals surface area contributed by atoms with Crippen molar-refractivity contribution in [3.8, 4) is 0 Å². The molecule has 102 valence electrons. The smallest absolute Gasteiger partial charge is 0.248 e. The summed E-state index contributed by atoms with van der Waals surface area (Å²) in [5.74, 6) is -2.31. The summed E-state index contributed by atoms with van der Waals surface area (Å²) in [5.41, 5.74) is 1.16. The molecular formula is C13H21F2N3. The number of nitrogens with one attached hydrogen (secondary N) is 1. The molecule has 0 aliphatic heterocycles. The van der Waals surface area contributed by atoms with Crippen molar-refractivity contribution in [3.05, 3.63) is 18.0 Å². The third kappa shape index (κ3) is 3.77. The Hall–Kier alpha value is -0.970. The van der Waals surface area contributed by atoms with Gasteiger partial charge in [0.1, 0.15) is 0 Å². The van der Waals surface area contributed by atoms with Crippen LogP contribution in [0.15, 0.2) is 12.3 Å². The van der Waals surface area contributed by atoms with E-state index >= 15 is 0 Å². The van der Waals surface area contributed by atoms with Gasteiger partial charge in [-0.15, -0.1) is 0 Å². The maximum Gasteiger partial charge on any atom is 0.248 e. The highest BCUT2D eigenvalue weighted by atomic mass is 19.3. The van der Waals surface area contributed by atoms with Gasteiger partial charge in [-0.25, -0.2) is 8.78 Å². The second-order valence-electron chi connectivity index (χ2n) is 5.22. The number of halogens is 2. The lowest BCUT2D eigenvalue weighted by atomic mass is 9.86. The van der Waals surface area contributed by atoms with Gasteiger partial charge in [-0.3, -0.25) is 4.68 Å². The van der Waals surface area contributed by atoms with E-state index in [2.05, 4.69) is 10.4 Å². The number of aryl methyl sites for hydroxylation is 1. The third-order valence-electron chi connectivity index (χ3n) is 3.66. The summed E-state index contributed by atoms with van der Waals surface area (Å²) in [6, 6.07) is 1.98. The molecule has 2 rings (SSSR count). The molecule has 18 heavy (non-hydrogen) atoms. The van der Waals surface area contributed by atoms with E-state index in [1.807, 2.05) is 17.8 Å². The number of aromatic nitrogens is 2. The molecule has 1 fully saturated rings. The maximum absolute atomic E-state index is 13.2. The summed E-state index contributed by atoms with van der Waals surface area (Å²) in [4.78, 5) is 0. The van der Waals surface area contributed by atoms with E-state index in [0.717, 1.165) is 25.1 Å². The van der Waals surface area contributed by atoms with Gasteiger partial charge in [-0.05, 0) is 31.4 Å². The highest BCUT2D eigenvalue weighted by molar-refractivity contribution is 5.00. The number of hydrogen-bond acceptors (Lipinski definition) is 2. The van der Waals surface area contributed by atoms with E-state index in [1.54, 1.807) is 6.20 Å². The minimum atomic E-state index is -2.44. The topological polar surface area (TPSA) is 29.9 Å². The van der Waals surface area contributed by atoms with Crippen LogP contribution in [0.1, 0.15) is 31.4 Å². The highest BCUT2D eigenvalue weighted by Gasteiger charge is 2.35. The molecule has 0 spiro atoms. The van der Waals surface area contributed by atoms with Crippen LogP contribution in [0.3, 0.4) is 0 Å². The Labute approximate surface area is 107 Å². The van der Waals surface area contributed by atoms with Gasteiger partial charge in [0.05, 0.1) is 0 Å². The number of rotatable bonds is 5. The van der Waals surface area contributed by atoms with Crippen molar-refractivity contribution in [3.63, 3.8) is 0 Å². The number of nitrogens with zero attached hydrogens (tertiary/aromatic N) is 2. The molecule has 3 nitrogen and oxygen atoms in total. The maximum atomic E-state index is 13.2. The van der Waals surface area contributed by atoms with Crippen LogP contribution in [0.5, 0.6) is 0 Å². The van der Waals surface area contributed by atoms with Crippen LogP contribution in [0, 0.1) is 5.92 Å². The Balaban J connectivity index is 1.65. The summed E-state index contributed by atoms with van der Waals surface area (Å²) in [6.45, 7) is 1.52. The monoisotopic (exact) mass is 257 g/mol. The van der Waals surface area contributed by atoms with Crippen molar-refractivity contribution < 1.29 is 8.78 Å². The molecule has 0 aromatic carbocycles. The average molecular weight is 257 g/mol. The van der Waals surface area contributed by atoms with E-state index in [4.69, 9.17) is 0 Å². The molecule has 0 bridgehead atoms. The lowest BCUT2D eigenvalue weighted by molar-refractivity contribution is -0.0519. The van der Waals surface area contributed by atoms with Gasteiger partial charge < -0.3 is 5.32 Å². The minimum Gasteiger partial charge on any atom is -0.316 e. The first-order valence-corrected chi connectivity index (χ1v) is 6.62. The molecular weight excluding hydrogens is 236 g/mol. The average Bonchev–Trinajstić information content (AvgIpc) is 2.69. The lowest BCUT2D eigenvalue weighted by Crippen LogP contribution is -2.33. The summed E-state index contributed by atoms with van der Waals surface area (Å²) in [7, 11) is 1.91. The highest BCUT2D eigenvalue weighted by Crippen LogP contribution is 2.36. The molecule has 1 saturated carbocycles. The molecule has 1 heterocycles. The molecule has 5 heteroatoms. The molecule has 1 atom stereocenters. The van der Waals surface area contributed by atoms with Crippen LogP contribution in [-0.2, 0) is 13.5 Å². The molecule has 1 aromatic heterocycles. The standard InChI is InChI=1S/C13H21F2N3/c1-18-12(5-8-17-18)4-7-16-10-11-3-2-6-13(14,15)9-11/h5,8,11,16H,2-4,6-7,9-10H2,1H3. The summed E-state index contributed by atoms with van der Waals surface area (Å²) >= 11 is 0. The first-order valence-electron chi connectivity index (χ1n) is 6.62. The van der Waals surface area contributed by atoms with Crippen LogP contribution in [-0.4, -0.2) is 28.8 Å². The van der Waals surface area contributed by atoms with Gasteiger partial charge in [0.2, 0.25) is 5.92 Å². The van der Waals surface area contributed by atoms with Crippen LogP contribution in [0.2, 0.25) is 0 Å². The summed E-state index contributed by atoms with van der Waals surface area (Å²) in [5, 5.41) is 7.38. The van der Waals surface area contributed by atoms with E-state index < -0.39 is 5.92 Å². The second kappa shape index (κ2) is 5.78. The normalized spacial score (nSPS) is 23.2. The zero-order valence-corrected chi connectivity index (χ0v) is 10.8. The van der Waals surface area contributed by atoms with Crippen LogP contribution < -0.4 is 5.32 Å². The predicted molar refractivity (Wildman–Crippen MR) is 66.7 cm³/mol. The summed E-state index contributed by atoms with van der Waals surface area (Å²) in [6.07, 6.45) is 4.36. The largest absolute Gasteiger partial charge is 0.316 e. The number of hydrogen-bond donors (Lipinski definition) is 1. The number of alkyl halides is 2. The van der Waals surface area contributed by atoms with Gasteiger partial charge in [-0.2, -0.15) is 5.10 Å². The fourth-order valence-corrected chi connectivity index (χ4v) is 2.62. The van der Waals surface area contributed by atoms with Gasteiger partial charge in [0.15, 0.2) is 0 Å². The minimum absolute atomic E-state index is 0.0473. The molecule has 1 unspecified atom stereocenters. The van der Waals surface area contributed by atoms with E-state index in [-0.39, 0.29) is 18.8 Å². The van der Waals surface area contributed by atoms with Crippen molar-refractivity contribution in [1.29, 1.82) is 0 Å². The molecule has 0 amide bonds. The fourth-order valence-electron chi connectivity index (χ4n) is 2.62. The van der Waals surface area contributed by atoms with Crippen LogP contribution >= 0.6 is 0 Å². The van der Waals surface area contributed by atoms with Gasteiger partial charge >= 0.3 is 0 Å². The van der Waals surface area contributed by atoms with Crippen molar-refractivity contribution in [1.82, 2.24) is 15.1 Å². The van der Waals surface area contributed by atoms with Gasteiger partial charge in [0.25, 0.3) is 0 Å². The molecule has 1 aliphatic carbocycles. The van der Waals surface area contributed by atoms with Crippen molar-refractivity contribution in [2.45, 2.75) is 38.0 Å². The Morgan fingerprint density at radius 2 is 2.39 bits per heavy atom. The molecule has 0 radical (unpaired) electrons. The van der Waals surface area contributed by atoms with Crippen molar-refractivity contribution in [2.75, 3.05) is 13.1 Å². The van der Waals surface area contributed by atoms with Gasteiger partial charge in [-0.1, -0.05) is 0 Å². The zero-order valence-electron chi connectivity index (χ0n) is 10.8. The Kier molecular flexibility index (Phi) is 4.32. The lowest BCUT2D eigenvalue weighted by Gasteiger charge is -2.29. The summed E-state index contributed by atoms with van der Waals surface area (Å²) < 4.78 is 28.2. The van der Waals surface area contributed by atoms with Gasteiger partial charge in [0, 0.05) is 44.7 Å². The van der Waals surface area contributed by atoms with Crippen molar-refractivity contribution in [2.24, 2.45) is 13.0 Å². The van der Waals surface area contributed by atoms with Crippen molar-refractivity contribution >= 4 is 0 Å². The fraction of sp³-hybridized carbons (Fsp3) is 0.769. The SMILES string of the molecule is Cn1nccc1CCNCC1CCCC(F)(F)C1. The predicted octanol–water partition coefficient (Wildman–Crippen LogP) is 2.38. The third-order valence-corrected chi connectivity index (χ3v) is 3.66. The van der Waals surface area contributed by atoms with Crippen LogP contribution in [0.25, 0.3) is 0 Å². The Bertz CT molecular complexity index is 376. The van der Waals surface area contributed by atoms with Crippen LogP contribution in [0.4, 0.5) is 8.78 Å². The second-order valence-corrected chi connectivity index (χ2v) is 5.22. The molecule has 1 N–H and O–H groups in total. The first-order chi connectivity index (χ1) is 8.57. The Morgan fingerprint density at radius 3 is 3.06 bits per heavy atom. The van der Waals surface area contributed by atoms with E-state index in [1.165, 1.54) is 0 Å².